The molecule has 29 heavy (non-hydrogen) atoms. The first kappa shape index (κ1) is 23.4. The van der Waals surface area contributed by atoms with Crippen LogP contribution in [0.1, 0.15) is 113 Å². The largest absolute Gasteiger partial charge is 0.393 e. The molecule has 0 saturated heterocycles. The SMILES string of the molecule is CC[C@H]([C@H](C)CCCC(C)C)[C@@]1(C)CC[C@H]2[C@@H](CC=C3C[C@@H](O)CC[C@@]32C)[C@@H]1C. The zero-order chi connectivity index (χ0) is 21.4. The van der Waals surface area contributed by atoms with Crippen LogP contribution in [0, 0.1) is 46.3 Å². The molecule has 1 heteroatoms. The summed E-state index contributed by atoms with van der Waals surface area (Å²) in [6.07, 6.45) is 15.2. The second kappa shape index (κ2) is 9.05. The van der Waals surface area contributed by atoms with Gasteiger partial charge in [-0.25, -0.2) is 0 Å². The Morgan fingerprint density at radius 3 is 2.48 bits per heavy atom. The highest BCUT2D eigenvalue weighted by molar-refractivity contribution is 5.24. The van der Waals surface area contributed by atoms with Crippen LogP contribution in [-0.2, 0) is 0 Å². The maximum Gasteiger partial charge on any atom is 0.0577 e. The van der Waals surface area contributed by atoms with E-state index in [9.17, 15) is 5.11 Å². The Morgan fingerprint density at radius 1 is 1.10 bits per heavy atom. The number of hydrogen-bond acceptors (Lipinski definition) is 1. The Hall–Kier alpha value is -0.300. The van der Waals surface area contributed by atoms with Gasteiger partial charge in [-0.05, 0) is 84.9 Å². The molecule has 0 amide bonds. The molecular weight excluding hydrogens is 352 g/mol. The molecular formula is C28H50O. The minimum Gasteiger partial charge on any atom is -0.393 e. The molecule has 0 aromatic carbocycles. The van der Waals surface area contributed by atoms with E-state index in [1.165, 1.54) is 51.4 Å². The Labute approximate surface area is 182 Å². The average molecular weight is 403 g/mol. The number of hydrogen-bond donors (Lipinski definition) is 1. The van der Waals surface area contributed by atoms with Gasteiger partial charge in [0.1, 0.15) is 0 Å². The third-order valence-electron chi connectivity index (χ3n) is 10.2. The molecule has 3 aliphatic rings. The fraction of sp³-hybridized carbons (Fsp3) is 0.929. The van der Waals surface area contributed by atoms with Crippen molar-refractivity contribution in [1.82, 2.24) is 0 Å². The second-order valence-electron chi connectivity index (χ2n) is 12.2. The van der Waals surface area contributed by atoms with E-state index < -0.39 is 0 Å². The molecule has 0 unspecified atom stereocenters. The van der Waals surface area contributed by atoms with Crippen LogP contribution in [0.2, 0.25) is 0 Å². The monoisotopic (exact) mass is 402 g/mol. The molecule has 1 N–H and O–H groups in total. The van der Waals surface area contributed by atoms with E-state index in [1.54, 1.807) is 5.57 Å². The second-order valence-corrected chi connectivity index (χ2v) is 12.2. The molecule has 3 rings (SSSR count). The number of allylic oxidation sites excluding steroid dienone is 1. The highest BCUT2D eigenvalue weighted by Crippen LogP contribution is 2.63. The van der Waals surface area contributed by atoms with Gasteiger partial charge >= 0.3 is 0 Å². The summed E-state index contributed by atoms with van der Waals surface area (Å²) in [5, 5.41) is 10.2. The van der Waals surface area contributed by atoms with Gasteiger partial charge in [-0.15, -0.1) is 0 Å². The third kappa shape index (κ3) is 4.37. The highest BCUT2D eigenvalue weighted by Gasteiger charge is 2.55. The minimum atomic E-state index is -0.0895. The van der Waals surface area contributed by atoms with Gasteiger partial charge in [0.15, 0.2) is 0 Å². The highest BCUT2D eigenvalue weighted by atomic mass is 16.3. The maximum absolute atomic E-state index is 10.2. The van der Waals surface area contributed by atoms with Crippen LogP contribution < -0.4 is 0 Å². The van der Waals surface area contributed by atoms with Crippen molar-refractivity contribution in [3.63, 3.8) is 0 Å². The summed E-state index contributed by atoms with van der Waals surface area (Å²) in [4.78, 5) is 0. The first-order valence-electron chi connectivity index (χ1n) is 13.0. The summed E-state index contributed by atoms with van der Waals surface area (Å²) in [6.45, 7) is 17.6. The van der Waals surface area contributed by atoms with Gasteiger partial charge < -0.3 is 5.11 Å². The van der Waals surface area contributed by atoms with Crippen molar-refractivity contribution in [2.24, 2.45) is 46.3 Å². The van der Waals surface area contributed by atoms with Crippen LogP contribution in [0.3, 0.4) is 0 Å². The Balaban J connectivity index is 1.76. The number of rotatable bonds is 7. The first-order valence-corrected chi connectivity index (χ1v) is 13.0. The third-order valence-corrected chi connectivity index (χ3v) is 10.2. The molecule has 168 valence electrons. The fourth-order valence-corrected chi connectivity index (χ4v) is 8.23. The number of aliphatic hydroxyl groups is 1. The fourth-order valence-electron chi connectivity index (χ4n) is 8.23. The van der Waals surface area contributed by atoms with Crippen LogP contribution in [0.15, 0.2) is 11.6 Å². The van der Waals surface area contributed by atoms with Crippen molar-refractivity contribution >= 4 is 0 Å². The first-order chi connectivity index (χ1) is 13.6. The van der Waals surface area contributed by atoms with Crippen molar-refractivity contribution < 1.29 is 5.11 Å². The lowest BCUT2D eigenvalue weighted by Crippen LogP contribution is -2.52. The molecule has 0 bridgehead atoms. The zero-order valence-corrected chi connectivity index (χ0v) is 20.6. The topological polar surface area (TPSA) is 20.2 Å². The molecule has 0 radical (unpaired) electrons. The predicted molar refractivity (Wildman–Crippen MR) is 126 cm³/mol. The molecule has 8 atom stereocenters. The van der Waals surface area contributed by atoms with Gasteiger partial charge in [0.25, 0.3) is 0 Å². The van der Waals surface area contributed by atoms with E-state index in [0.717, 1.165) is 48.3 Å². The van der Waals surface area contributed by atoms with Gasteiger partial charge in [-0.2, -0.15) is 0 Å². The molecule has 0 aromatic rings. The molecule has 2 saturated carbocycles. The van der Waals surface area contributed by atoms with Crippen molar-refractivity contribution in [2.75, 3.05) is 0 Å². The molecule has 2 fully saturated rings. The molecule has 3 aliphatic carbocycles. The molecule has 0 spiro atoms. The van der Waals surface area contributed by atoms with Gasteiger partial charge in [0, 0.05) is 0 Å². The maximum atomic E-state index is 10.2. The molecule has 1 nitrogen and oxygen atoms in total. The van der Waals surface area contributed by atoms with Crippen LogP contribution >= 0.6 is 0 Å². The molecule has 0 heterocycles. The van der Waals surface area contributed by atoms with Crippen LogP contribution in [0.25, 0.3) is 0 Å². The average Bonchev–Trinajstić information content (AvgIpc) is 2.65. The Bertz CT molecular complexity index is 577. The summed E-state index contributed by atoms with van der Waals surface area (Å²) in [5.41, 5.74) is 2.45. The van der Waals surface area contributed by atoms with Crippen molar-refractivity contribution in [3.8, 4) is 0 Å². The van der Waals surface area contributed by atoms with E-state index in [1.807, 2.05) is 0 Å². The van der Waals surface area contributed by atoms with E-state index >= 15 is 0 Å². The minimum absolute atomic E-state index is 0.0895. The van der Waals surface area contributed by atoms with Crippen molar-refractivity contribution in [3.05, 3.63) is 11.6 Å². The summed E-state index contributed by atoms with van der Waals surface area (Å²) in [5.74, 6) is 5.03. The van der Waals surface area contributed by atoms with E-state index in [-0.39, 0.29) is 6.10 Å². The van der Waals surface area contributed by atoms with E-state index in [2.05, 4.69) is 54.5 Å². The van der Waals surface area contributed by atoms with Crippen LogP contribution in [-0.4, -0.2) is 11.2 Å². The summed E-state index contributed by atoms with van der Waals surface area (Å²) in [7, 11) is 0. The van der Waals surface area contributed by atoms with Crippen LogP contribution in [0.4, 0.5) is 0 Å². The van der Waals surface area contributed by atoms with Crippen LogP contribution in [0.5, 0.6) is 0 Å². The van der Waals surface area contributed by atoms with E-state index in [0.29, 0.717) is 10.8 Å². The van der Waals surface area contributed by atoms with Crippen molar-refractivity contribution in [1.29, 1.82) is 0 Å². The standard InChI is InChI=1S/C28H50O/c1-8-25(20(4)11-9-10-19(2)3)27(6)17-15-26-24(21(27)5)13-12-22-18-23(29)14-16-28(22,26)7/h12,19-21,23-26,29H,8-11,13-18H2,1-7H3/t20-,21+,23+,24+,25-,26+,27+,28+/m1/s1. The lowest BCUT2D eigenvalue weighted by Gasteiger charge is -2.60. The summed E-state index contributed by atoms with van der Waals surface area (Å²) >= 11 is 0. The summed E-state index contributed by atoms with van der Waals surface area (Å²) in [6, 6.07) is 0. The van der Waals surface area contributed by atoms with Crippen molar-refractivity contribution in [2.45, 2.75) is 119 Å². The quantitative estimate of drug-likeness (QED) is 0.427. The van der Waals surface area contributed by atoms with Gasteiger partial charge in [0.05, 0.1) is 6.10 Å². The van der Waals surface area contributed by atoms with Gasteiger partial charge in [-0.3, -0.25) is 0 Å². The Kier molecular flexibility index (Phi) is 7.30. The smallest absolute Gasteiger partial charge is 0.0577 e. The molecule has 0 aliphatic heterocycles. The molecule has 0 aromatic heterocycles. The van der Waals surface area contributed by atoms with E-state index in [4.69, 9.17) is 0 Å². The van der Waals surface area contributed by atoms with Gasteiger partial charge in [0.2, 0.25) is 0 Å². The number of aliphatic hydroxyl groups excluding tert-OH is 1. The zero-order valence-electron chi connectivity index (χ0n) is 20.6. The summed E-state index contributed by atoms with van der Waals surface area (Å²) < 4.78 is 0. The Morgan fingerprint density at radius 2 is 1.83 bits per heavy atom. The number of fused-ring (bicyclic) bond motifs is 3. The van der Waals surface area contributed by atoms with Gasteiger partial charge in [-0.1, -0.05) is 85.8 Å². The lowest BCUT2D eigenvalue weighted by molar-refractivity contribution is -0.0807. The normalized spacial score (nSPS) is 42.0. The lowest BCUT2D eigenvalue weighted by atomic mass is 9.45. The predicted octanol–water partition coefficient (Wildman–Crippen LogP) is 8.02.